The molecule has 0 fully saturated rings. The van der Waals surface area contributed by atoms with Crippen molar-refractivity contribution >= 4 is 21.8 Å². The van der Waals surface area contributed by atoms with Gasteiger partial charge in [0.2, 0.25) is 5.91 Å². The van der Waals surface area contributed by atoms with Crippen molar-refractivity contribution in [1.82, 2.24) is 10.6 Å². The number of fused-ring (bicyclic) bond motifs is 1. The van der Waals surface area contributed by atoms with Crippen LogP contribution in [0.2, 0.25) is 0 Å². The first-order valence-corrected chi connectivity index (χ1v) is 6.92. The highest BCUT2D eigenvalue weighted by molar-refractivity contribution is 9.10. The lowest BCUT2D eigenvalue weighted by atomic mass is 10.0. The zero-order valence-electron chi connectivity index (χ0n) is 10.3. The first kappa shape index (κ1) is 13.4. The molecule has 5 heteroatoms. The zero-order valence-corrected chi connectivity index (χ0v) is 11.9. The standard InChI is InChI=1S/C13H17BrN2O2/c1-2-15-13(17)8-16-11-5-6-18-12-4-3-9(14)7-10(11)12/h3-4,7,11,16H,2,5-6,8H2,1H3,(H,15,17). The molecule has 98 valence electrons. The zero-order chi connectivity index (χ0) is 13.0. The second-order valence-corrected chi connectivity index (χ2v) is 5.12. The molecular formula is C13H17BrN2O2. The summed E-state index contributed by atoms with van der Waals surface area (Å²) in [6, 6.07) is 6.14. The number of amides is 1. The van der Waals surface area contributed by atoms with E-state index in [1.54, 1.807) is 0 Å². The Morgan fingerprint density at radius 1 is 1.56 bits per heavy atom. The van der Waals surface area contributed by atoms with E-state index >= 15 is 0 Å². The van der Waals surface area contributed by atoms with Crippen molar-refractivity contribution in [3.8, 4) is 5.75 Å². The Kier molecular flexibility index (Phi) is 4.60. The van der Waals surface area contributed by atoms with Crippen LogP contribution in [-0.4, -0.2) is 25.6 Å². The van der Waals surface area contributed by atoms with Crippen LogP contribution in [-0.2, 0) is 4.79 Å². The molecule has 0 aliphatic carbocycles. The van der Waals surface area contributed by atoms with Gasteiger partial charge in [0, 0.05) is 29.0 Å². The minimum absolute atomic E-state index is 0.0283. The third-order valence-corrected chi connectivity index (χ3v) is 3.39. The Hall–Kier alpha value is -1.07. The fourth-order valence-corrected chi connectivity index (χ4v) is 2.43. The summed E-state index contributed by atoms with van der Waals surface area (Å²) in [5, 5.41) is 6.06. The maximum absolute atomic E-state index is 11.5. The van der Waals surface area contributed by atoms with Crippen molar-refractivity contribution in [2.45, 2.75) is 19.4 Å². The highest BCUT2D eigenvalue weighted by atomic mass is 79.9. The number of halogens is 1. The van der Waals surface area contributed by atoms with Gasteiger partial charge < -0.3 is 15.4 Å². The van der Waals surface area contributed by atoms with Crippen LogP contribution in [0, 0.1) is 0 Å². The molecule has 18 heavy (non-hydrogen) atoms. The van der Waals surface area contributed by atoms with Crippen molar-refractivity contribution in [2.75, 3.05) is 19.7 Å². The number of carbonyl (C=O) groups is 1. The van der Waals surface area contributed by atoms with Gasteiger partial charge in [-0.2, -0.15) is 0 Å². The van der Waals surface area contributed by atoms with Crippen LogP contribution in [0.25, 0.3) is 0 Å². The predicted octanol–water partition coefficient (Wildman–Crippen LogP) is 2.00. The maximum Gasteiger partial charge on any atom is 0.233 e. The van der Waals surface area contributed by atoms with Crippen LogP contribution in [0.3, 0.4) is 0 Å². The van der Waals surface area contributed by atoms with Crippen LogP contribution < -0.4 is 15.4 Å². The lowest BCUT2D eigenvalue weighted by Crippen LogP contribution is -2.37. The number of rotatable bonds is 4. The van der Waals surface area contributed by atoms with E-state index in [1.807, 2.05) is 25.1 Å². The molecule has 0 saturated heterocycles. The number of likely N-dealkylation sites (N-methyl/N-ethyl adjacent to an activating group) is 1. The van der Waals surface area contributed by atoms with E-state index in [9.17, 15) is 4.79 Å². The summed E-state index contributed by atoms with van der Waals surface area (Å²) in [5.41, 5.74) is 1.11. The Morgan fingerprint density at radius 3 is 3.17 bits per heavy atom. The van der Waals surface area contributed by atoms with Gasteiger partial charge in [-0.05, 0) is 25.1 Å². The van der Waals surface area contributed by atoms with Crippen LogP contribution >= 0.6 is 15.9 Å². The summed E-state index contributed by atoms with van der Waals surface area (Å²) >= 11 is 3.46. The predicted molar refractivity (Wildman–Crippen MR) is 73.7 cm³/mol. The van der Waals surface area contributed by atoms with Crippen molar-refractivity contribution in [2.24, 2.45) is 0 Å². The molecule has 1 aliphatic rings. The number of carbonyl (C=O) groups excluding carboxylic acids is 1. The molecule has 0 radical (unpaired) electrons. The average molecular weight is 313 g/mol. The van der Waals surface area contributed by atoms with E-state index in [0.717, 1.165) is 22.2 Å². The van der Waals surface area contributed by atoms with Gasteiger partial charge in [-0.15, -0.1) is 0 Å². The largest absolute Gasteiger partial charge is 0.493 e. The molecule has 0 bridgehead atoms. The van der Waals surface area contributed by atoms with Crippen molar-refractivity contribution in [3.63, 3.8) is 0 Å². The Bertz CT molecular complexity index is 437. The number of hydrogen-bond acceptors (Lipinski definition) is 3. The summed E-state index contributed by atoms with van der Waals surface area (Å²) in [6.45, 7) is 3.60. The second-order valence-electron chi connectivity index (χ2n) is 4.21. The quantitative estimate of drug-likeness (QED) is 0.894. The first-order valence-electron chi connectivity index (χ1n) is 6.13. The average Bonchev–Trinajstić information content (AvgIpc) is 2.36. The van der Waals surface area contributed by atoms with Gasteiger partial charge in [-0.3, -0.25) is 4.79 Å². The van der Waals surface area contributed by atoms with Crippen molar-refractivity contribution in [3.05, 3.63) is 28.2 Å². The van der Waals surface area contributed by atoms with Crippen molar-refractivity contribution < 1.29 is 9.53 Å². The number of hydrogen-bond donors (Lipinski definition) is 2. The first-order chi connectivity index (χ1) is 8.70. The summed E-state index contributed by atoms with van der Waals surface area (Å²) in [5.74, 6) is 0.929. The van der Waals surface area contributed by atoms with Gasteiger partial charge in [0.05, 0.1) is 13.2 Å². The molecular weight excluding hydrogens is 296 g/mol. The van der Waals surface area contributed by atoms with E-state index < -0.39 is 0 Å². The highest BCUT2D eigenvalue weighted by Crippen LogP contribution is 2.33. The monoisotopic (exact) mass is 312 g/mol. The SMILES string of the molecule is CCNC(=O)CNC1CCOc2ccc(Br)cc21. The molecule has 1 aliphatic heterocycles. The normalized spacial score (nSPS) is 17.8. The van der Waals surface area contributed by atoms with E-state index in [0.29, 0.717) is 19.7 Å². The summed E-state index contributed by atoms with van der Waals surface area (Å²) in [7, 11) is 0. The molecule has 1 heterocycles. The van der Waals surface area contributed by atoms with Gasteiger partial charge >= 0.3 is 0 Å². The third-order valence-electron chi connectivity index (χ3n) is 2.89. The third kappa shape index (κ3) is 3.23. The number of ether oxygens (including phenoxy) is 1. The molecule has 1 aromatic rings. The van der Waals surface area contributed by atoms with E-state index in [2.05, 4.69) is 26.6 Å². The van der Waals surface area contributed by atoms with Crippen molar-refractivity contribution in [1.29, 1.82) is 0 Å². The minimum atomic E-state index is 0.0283. The fraction of sp³-hybridized carbons (Fsp3) is 0.462. The number of nitrogens with one attached hydrogen (secondary N) is 2. The van der Waals surface area contributed by atoms with Crippen LogP contribution in [0.5, 0.6) is 5.75 Å². The lowest BCUT2D eigenvalue weighted by molar-refractivity contribution is -0.120. The molecule has 1 unspecified atom stereocenters. The number of benzene rings is 1. The van der Waals surface area contributed by atoms with E-state index in [-0.39, 0.29) is 11.9 Å². The molecule has 4 nitrogen and oxygen atoms in total. The van der Waals surface area contributed by atoms with Gasteiger partial charge in [0.1, 0.15) is 5.75 Å². The van der Waals surface area contributed by atoms with Gasteiger partial charge in [-0.25, -0.2) is 0 Å². The van der Waals surface area contributed by atoms with Crippen LogP contribution in [0.4, 0.5) is 0 Å². The van der Waals surface area contributed by atoms with Crippen LogP contribution in [0.1, 0.15) is 24.9 Å². The summed E-state index contributed by atoms with van der Waals surface area (Å²) in [4.78, 5) is 11.5. The Balaban J connectivity index is 2.03. The molecule has 0 aromatic heterocycles. The van der Waals surface area contributed by atoms with Gasteiger partial charge in [-0.1, -0.05) is 15.9 Å². The van der Waals surface area contributed by atoms with E-state index in [1.165, 1.54) is 0 Å². The van der Waals surface area contributed by atoms with E-state index in [4.69, 9.17) is 4.74 Å². The Morgan fingerprint density at radius 2 is 2.39 bits per heavy atom. The van der Waals surface area contributed by atoms with Gasteiger partial charge in [0.25, 0.3) is 0 Å². The second kappa shape index (κ2) is 6.20. The molecule has 0 spiro atoms. The smallest absolute Gasteiger partial charge is 0.233 e. The molecule has 2 rings (SSSR count). The fourth-order valence-electron chi connectivity index (χ4n) is 2.05. The molecule has 0 saturated carbocycles. The Labute approximate surface area is 115 Å². The summed E-state index contributed by atoms with van der Waals surface area (Å²) in [6.07, 6.45) is 0.878. The summed E-state index contributed by atoms with van der Waals surface area (Å²) < 4.78 is 6.63. The molecule has 2 N–H and O–H groups in total. The lowest BCUT2D eigenvalue weighted by Gasteiger charge is -2.26. The van der Waals surface area contributed by atoms with Gasteiger partial charge in [0.15, 0.2) is 0 Å². The maximum atomic E-state index is 11.5. The molecule has 1 aromatic carbocycles. The minimum Gasteiger partial charge on any atom is -0.493 e. The molecule has 1 amide bonds. The highest BCUT2D eigenvalue weighted by Gasteiger charge is 2.21. The van der Waals surface area contributed by atoms with Crippen LogP contribution in [0.15, 0.2) is 22.7 Å². The topological polar surface area (TPSA) is 50.4 Å². The molecule has 1 atom stereocenters.